The molecule has 15 heavy (non-hydrogen) atoms. The van der Waals surface area contributed by atoms with Crippen molar-refractivity contribution < 1.29 is 5.11 Å². The highest BCUT2D eigenvalue weighted by molar-refractivity contribution is 4.79. The monoisotopic (exact) mass is 216 g/mol. The number of hydrogen-bond donors (Lipinski definition) is 1. The summed E-state index contributed by atoms with van der Waals surface area (Å²) < 4.78 is 0. The van der Waals surface area contributed by atoms with Crippen LogP contribution in [0, 0.1) is 0 Å². The fourth-order valence-electron chi connectivity index (χ4n) is 0.692. The summed E-state index contributed by atoms with van der Waals surface area (Å²) in [6.07, 6.45) is 12.6. The topological polar surface area (TPSA) is 20.2 Å². The third-order valence-corrected chi connectivity index (χ3v) is 1.34. The van der Waals surface area contributed by atoms with Gasteiger partial charge in [-0.15, -0.1) is 0 Å². The van der Waals surface area contributed by atoms with E-state index in [1.807, 2.05) is 6.08 Å². The minimum Gasteiger partial charge on any atom is -0.396 e. The molecule has 0 aromatic rings. The number of aliphatic hydroxyl groups excluding tert-OH is 1. The number of rotatable bonds is 5. The standard InChI is InChI=1S/C6H12O.C6H12.2CH4/c1-2-3-4-5-6-7;1-3-5-6-4-2;;/h3-4,7H,2,5-6H2,1H3;5-6H,3-4H2,1-2H3;2*1H4/b4-3+;6-5+;;. The third-order valence-electron chi connectivity index (χ3n) is 1.34. The van der Waals surface area contributed by atoms with E-state index in [-0.39, 0.29) is 21.5 Å². The predicted octanol–water partition coefficient (Wildman–Crippen LogP) is 4.97. The molecule has 0 aromatic heterocycles. The molecule has 1 N–H and O–H groups in total. The first-order chi connectivity index (χ1) is 6.33. The zero-order valence-corrected chi connectivity index (χ0v) is 9.29. The third kappa shape index (κ3) is 42.4. The summed E-state index contributed by atoms with van der Waals surface area (Å²) in [6, 6.07) is 0. The maximum atomic E-state index is 8.24. The average molecular weight is 216 g/mol. The van der Waals surface area contributed by atoms with Crippen LogP contribution in [0.25, 0.3) is 0 Å². The number of hydrogen-bond acceptors (Lipinski definition) is 1. The average Bonchev–Trinajstić information content (AvgIpc) is 2.17. The molecule has 0 radical (unpaired) electrons. The molecule has 0 aromatic carbocycles. The number of allylic oxidation sites excluding steroid dienone is 3. The van der Waals surface area contributed by atoms with Gasteiger partial charge in [-0.3, -0.25) is 0 Å². The predicted molar refractivity (Wildman–Crippen MR) is 74.3 cm³/mol. The summed E-state index contributed by atoms with van der Waals surface area (Å²) >= 11 is 0. The van der Waals surface area contributed by atoms with E-state index in [0.29, 0.717) is 0 Å². The smallest absolute Gasteiger partial charge is 0.0465 e. The van der Waals surface area contributed by atoms with E-state index in [1.165, 1.54) is 12.8 Å². The molecule has 0 aliphatic carbocycles. The molecular weight excluding hydrogens is 184 g/mol. The molecule has 0 fully saturated rings. The van der Waals surface area contributed by atoms with E-state index < -0.39 is 0 Å². The van der Waals surface area contributed by atoms with Gasteiger partial charge in [-0.1, -0.05) is 59.9 Å². The van der Waals surface area contributed by atoms with Gasteiger partial charge in [0.1, 0.15) is 0 Å². The largest absolute Gasteiger partial charge is 0.396 e. The van der Waals surface area contributed by atoms with E-state index in [9.17, 15) is 0 Å². The summed E-state index contributed by atoms with van der Waals surface area (Å²) in [7, 11) is 0. The van der Waals surface area contributed by atoms with Crippen LogP contribution in [0.15, 0.2) is 24.3 Å². The quantitative estimate of drug-likeness (QED) is 0.643. The van der Waals surface area contributed by atoms with Gasteiger partial charge in [0, 0.05) is 6.61 Å². The van der Waals surface area contributed by atoms with Gasteiger partial charge >= 0.3 is 0 Å². The summed E-state index contributed by atoms with van der Waals surface area (Å²) in [5.74, 6) is 0. The van der Waals surface area contributed by atoms with Gasteiger partial charge < -0.3 is 5.11 Å². The van der Waals surface area contributed by atoms with Crippen molar-refractivity contribution in [2.75, 3.05) is 6.61 Å². The van der Waals surface area contributed by atoms with Crippen molar-refractivity contribution in [2.45, 2.75) is 61.3 Å². The molecule has 1 nitrogen and oxygen atoms in total. The van der Waals surface area contributed by atoms with Crippen molar-refractivity contribution in [2.24, 2.45) is 0 Å². The van der Waals surface area contributed by atoms with Gasteiger partial charge in [-0.25, -0.2) is 0 Å². The van der Waals surface area contributed by atoms with Gasteiger partial charge in [0.2, 0.25) is 0 Å². The van der Waals surface area contributed by atoms with Crippen LogP contribution in [0.2, 0.25) is 0 Å². The second-order valence-corrected chi connectivity index (χ2v) is 2.68. The fourth-order valence-corrected chi connectivity index (χ4v) is 0.692. The Hall–Kier alpha value is -0.560. The van der Waals surface area contributed by atoms with Crippen LogP contribution in [0.1, 0.15) is 61.3 Å². The Morgan fingerprint density at radius 3 is 1.33 bits per heavy atom. The second-order valence-electron chi connectivity index (χ2n) is 2.68. The Bertz CT molecular complexity index is 109. The highest BCUT2D eigenvalue weighted by Gasteiger charge is 1.69. The lowest BCUT2D eigenvalue weighted by Gasteiger charge is -1.79. The van der Waals surface area contributed by atoms with Crippen LogP contribution in [-0.4, -0.2) is 11.7 Å². The summed E-state index contributed by atoms with van der Waals surface area (Å²) in [5.41, 5.74) is 0. The van der Waals surface area contributed by atoms with Gasteiger partial charge in [0.05, 0.1) is 0 Å². The minimum atomic E-state index is 0. The van der Waals surface area contributed by atoms with E-state index in [4.69, 9.17) is 5.11 Å². The van der Waals surface area contributed by atoms with Crippen molar-refractivity contribution in [3.8, 4) is 0 Å². The molecule has 0 amide bonds. The molecule has 0 unspecified atom stereocenters. The molecule has 0 bridgehead atoms. The lowest BCUT2D eigenvalue weighted by molar-refractivity contribution is 0.302. The van der Waals surface area contributed by atoms with Gasteiger partial charge in [-0.2, -0.15) is 0 Å². The second kappa shape index (κ2) is 29.2. The first-order valence-corrected chi connectivity index (χ1v) is 5.24. The van der Waals surface area contributed by atoms with Gasteiger partial charge in [-0.05, 0) is 25.7 Å². The maximum absolute atomic E-state index is 8.24. The minimum absolute atomic E-state index is 0. The summed E-state index contributed by atoms with van der Waals surface area (Å²) in [5, 5.41) is 8.24. The Morgan fingerprint density at radius 1 is 0.733 bits per heavy atom. The van der Waals surface area contributed by atoms with Crippen LogP contribution in [0.3, 0.4) is 0 Å². The Balaban J connectivity index is -0.0000000718. The summed E-state index contributed by atoms with van der Waals surface area (Å²) in [4.78, 5) is 0. The maximum Gasteiger partial charge on any atom is 0.0465 e. The van der Waals surface area contributed by atoms with Crippen LogP contribution < -0.4 is 0 Å². The molecule has 1 heteroatoms. The summed E-state index contributed by atoms with van der Waals surface area (Å²) in [6.45, 7) is 6.64. The molecule has 0 aliphatic heterocycles. The normalized spacial score (nSPS) is 9.07. The van der Waals surface area contributed by atoms with Gasteiger partial charge in [0.15, 0.2) is 0 Å². The molecule has 0 saturated heterocycles. The van der Waals surface area contributed by atoms with Crippen LogP contribution in [0.4, 0.5) is 0 Å². The zero-order valence-electron chi connectivity index (χ0n) is 9.29. The van der Waals surface area contributed by atoms with Crippen LogP contribution >= 0.6 is 0 Å². The van der Waals surface area contributed by atoms with Crippen molar-refractivity contribution in [3.05, 3.63) is 24.3 Å². The van der Waals surface area contributed by atoms with Crippen molar-refractivity contribution >= 4 is 0 Å². The molecule has 0 spiro atoms. The highest BCUT2D eigenvalue weighted by Crippen LogP contribution is 1.82. The first kappa shape index (κ1) is 23.9. The van der Waals surface area contributed by atoms with Crippen molar-refractivity contribution in [1.29, 1.82) is 0 Å². The van der Waals surface area contributed by atoms with E-state index in [2.05, 4.69) is 39.0 Å². The van der Waals surface area contributed by atoms with Crippen LogP contribution in [0.5, 0.6) is 0 Å². The molecule has 0 heterocycles. The van der Waals surface area contributed by atoms with Crippen molar-refractivity contribution in [1.82, 2.24) is 0 Å². The lowest BCUT2D eigenvalue weighted by atomic mass is 10.3. The Morgan fingerprint density at radius 2 is 1.07 bits per heavy atom. The molecular formula is C14H32O. The molecule has 94 valence electrons. The Labute approximate surface area is 97.9 Å². The van der Waals surface area contributed by atoms with Crippen molar-refractivity contribution in [3.63, 3.8) is 0 Å². The first-order valence-electron chi connectivity index (χ1n) is 5.24. The Kier molecular flexibility index (Phi) is 46.6. The fraction of sp³-hybridized carbons (Fsp3) is 0.714. The van der Waals surface area contributed by atoms with E-state index in [1.54, 1.807) is 0 Å². The highest BCUT2D eigenvalue weighted by atomic mass is 16.2. The molecule has 0 aliphatic rings. The van der Waals surface area contributed by atoms with Crippen LogP contribution in [-0.2, 0) is 0 Å². The molecule has 0 rings (SSSR count). The van der Waals surface area contributed by atoms with E-state index >= 15 is 0 Å². The SMILES string of the molecule is C.C.CC/C=C/CC.CC/C=C/CCO. The molecule has 0 atom stereocenters. The number of aliphatic hydroxyl groups is 1. The van der Waals surface area contributed by atoms with Gasteiger partial charge in [0.25, 0.3) is 0 Å². The van der Waals surface area contributed by atoms with E-state index in [0.717, 1.165) is 12.8 Å². The zero-order chi connectivity index (χ0) is 10.4. The lowest BCUT2D eigenvalue weighted by Crippen LogP contribution is -1.73. The molecule has 0 saturated carbocycles.